The smallest absolute Gasteiger partial charge is 0.0555 e. The van der Waals surface area contributed by atoms with Crippen LogP contribution in [0.3, 0.4) is 0 Å². The van der Waals surface area contributed by atoms with Gasteiger partial charge in [0.2, 0.25) is 0 Å². The lowest BCUT2D eigenvalue weighted by atomic mass is 9.98. The van der Waals surface area contributed by atoms with E-state index in [4.69, 9.17) is 0 Å². The molecule has 1 nitrogen and oxygen atoms in total. The predicted molar refractivity (Wildman–Crippen MR) is 106 cm³/mol. The molecule has 25 heavy (non-hydrogen) atoms. The third kappa shape index (κ3) is 2.58. The number of hydrogen-bond donors (Lipinski definition) is 1. The zero-order valence-electron chi connectivity index (χ0n) is 13.9. The Bertz CT molecular complexity index is 988. The summed E-state index contributed by atoms with van der Waals surface area (Å²) in [5.41, 5.74) is 6.57. The van der Waals surface area contributed by atoms with Crippen LogP contribution in [0, 0.1) is 0 Å². The second-order valence-corrected chi connectivity index (χ2v) is 6.75. The number of hydrogen-bond acceptors (Lipinski definition) is 1. The first-order valence-corrected chi connectivity index (χ1v) is 8.80. The molecule has 0 radical (unpaired) electrons. The normalized spacial score (nSPS) is 15.8. The summed E-state index contributed by atoms with van der Waals surface area (Å²) < 4.78 is 0. The molecule has 1 heteroatoms. The van der Waals surface area contributed by atoms with Gasteiger partial charge in [0.1, 0.15) is 0 Å². The predicted octanol–water partition coefficient (Wildman–Crippen LogP) is 6.22. The lowest BCUT2D eigenvalue weighted by Gasteiger charge is -2.12. The fraction of sp³-hybridized carbons (Fsp3) is 0.0833. The van der Waals surface area contributed by atoms with Gasteiger partial charge in [-0.25, -0.2) is 0 Å². The maximum atomic E-state index is 3.70. The van der Waals surface area contributed by atoms with E-state index in [1.807, 2.05) is 0 Å². The summed E-state index contributed by atoms with van der Waals surface area (Å²) in [6.45, 7) is 0. The van der Waals surface area contributed by atoms with E-state index < -0.39 is 0 Å². The van der Waals surface area contributed by atoms with Crippen molar-refractivity contribution in [1.82, 2.24) is 0 Å². The topological polar surface area (TPSA) is 12.0 Å². The van der Waals surface area contributed by atoms with E-state index in [0.29, 0.717) is 6.04 Å². The Hall–Kier alpha value is -3.06. The van der Waals surface area contributed by atoms with Crippen LogP contribution in [0.4, 0.5) is 5.69 Å². The number of anilines is 1. The van der Waals surface area contributed by atoms with Gasteiger partial charge >= 0.3 is 0 Å². The fourth-order valence-corrected chi connectivity index (χ4v) is 3.79. The van der Waals surface area contributed by atoms with Crippen molar-refractivity contribution in [2.24, 2.45) is 0 Å². The van der Waals surface area contributed by atoms with Gasteiger partial charge in [-0.05, 0) is 51.6 Å². The first-order chi connectivity index (χ1) is 12.4. The second-order valence-electron chi connectivity index (χ2n) is 6.75. The molecule has 0 aromatic heterocycles. The molecule has 1 atom stereocenters. The molecular weight excluding hydrogens is 302 g/mol. The largest absolute Gasteiger partial charge is 0.378 e. The molecule has 5 rings (SSSR count). The van der Waals surface area contributed by atoms with E-state index in [9.17, 15) is 0 Å². The highest BCUT2D eigenvalue weighted by atomic mass is 14.9. The van der Waals surface area contributed by atoms with Crippen LogP contribution in [0.25, 0.3) is 21.9 Å². The number of fused-ring (bicyclic) bond motifs is 2. The van der Waals surface area contributed by atoms with Crippen molar-refractivity contribution in [3.63, 3.8) is 0 Å². The lowest BCUT2D eigenvalue weighted by molar-refractivity contribution is 0.825. The molecule has 4 aromatic carbocycles. The molecule has 0 amide bonds. The van der Waals surface area contributed by atoms with Gasteiger partial charge in [0, 0.05) is 5.69 Å². The summed E-state index contributed by atoms with van der Waals surface area (Å²) in [7, 11) is 0. The average molecular weight is 321 g/mol. The van der Waals surface area contributed by atoms with Crippen molar-refractivity contribution in [2.75, 3.05) is 5.32 Å². The van der Waals surface area contributed by atoms with E-state index in [-0.39, 0.29) is 0 Å². The van der Waals surface area contributed by atoms with Crippen LogP contribution in [0.2, 0.25) is 0 Å². The second kappa shape index (κ2) is 5.78. The van der Waals surface area contributed by atoms with Gasteiger partial charge in [0.25, 0.3) is 0 Å². The standard InChI is InChI=1S/C24H19N/c1-2-6-17(7-3-1)18-10-12-19(13-11-18)23-16-22-14-20-8-4-5-9-21(20)15-24(22)25-23/h1-15,23,25H,16H2. The highest BCUT2D eigenvalue weighted by Crippen LogP contribution is 2.37. The van der Waals surface area contributed by atoms with E-state index in [1.165, 1.54) is 38.7 Å². The Morgan fingerprint density at radius 2 is 1.28 bits per heavy atom. The van der Waals surface area contributed by atoms with Gasteiger partial charge in [-0.1, -0.05) is 78.9 Å². The fourth-order valence-electron chi connectivity index (χ4n) is 3.79. The SMILES string of the molecule is c1ccc(-c2ccc(C3Cc4cc5ccccc5cc4N3)cc2)cc1. The molecule has 0 fully saturated rings. The van der Waals surface area contributed by atoms with E-state index in [2.05, 4.69) is 96.3 Å². The minimum absolute atomic E-state index is 0.358. The van der Waals surface area contributed by atoms with Crippen LogP contribution in [0.1, 0.15) is 17.2 Å². The third-order valence-corrected chi connectivity index (χ3v) is 5.15. The summed E-state index contributed by atoms with van der Waals surface area (Å²) in [5.74, 6) is 0. The number of nitrogens with one attached hydrogen (secondary N) is 1. The van der Waals surface area contributed by atoms with Gasteiger partial charge < -0.3 is 5.32 Å². The molecule has 1 aliphatic rings. The molecule has 1 unspecified atom stereocenters. The molecule has 1 heterocycles. The Labute approximate surface area is 148 Å². The molecule has 1 N–H and O–H groups in total. The van der Waals surface area contributed by atoms with Crippen LogP contribution in [-0.4, -0.2) is 0 Å². The van der Waals surface area contributed by atoms with Crippen molar-refractivity contribution in [3.8, 4) is 11.1 Å². The van der Waals surface area contributed by atoms with Crippen LogP contribution in [-0.2, 0) is 6.42 Å². The zero-order valence-corrected chi connectivity index (χ0v) is 13.9. The molecule has 0 saturated heterocycles. The van der Waals surface area contributed by atoms with Crippen LogP contribution >= 0.6 is 0 Å². The van der Waals surface area contributed by atoms with Crippen molar-refractivity contribution < 1.29 is 0 Å². The summed E-state index contributed by atoms with van der Waals surface area (Å²) in [4.78, 5) is 0. The van der Waals surface area contributed by atoms with Gasteiger partial charge in [0.05, 0.1) is 6.04 Å². The molecule has 4 aromatic rings. The van der Waals surface area contributed by atoms with Crippen molar-refractivity contribution >= 4 is 16.5 Å². The Kier molecular flexibility index (Phi) is 3.31. The summed E-state index contributed by atoms with van der Waals surface area (Å²) >= 11 is 0. The molecule has 0 aliphatic carbocycles. The lowest BCUT2D eigenvalue weighted by Crippen LogP contribution is -2.05. The number of rotatable bonds is 2. The molecule has 0 spiro atoms. The minimum atomic E-state index is 0.358. The molecule has 1 aliphatic heterocycles. The highest BCUT2D eigenvalue weighted by Gasteiger charge is 2.22. The van der Waals surface area contributed by atoms with Gasteiger partial charge in [-0.3, -0.25) is 0 Å². The first kappa shape index (κ1) is 14.3. The summed E-state index contributed by atoms with van der Waals surface area (Å²) in [6, 6.07) is 33.1. The van der Waals surface area contributed by atoms with Crippen LogP contribution in [0.5, 0.6) is 0 Å². The van der Waals surface area contributed by atoms with Crippen molar-refractivity contribution in [1.29, 1.82) is 0 Å². The monoisotopic (exact) mass is 321 g/mol. The molecular formula is C24H19N. The zero-order chi connectivity index (χ0) is 16.6. The highest BCUT2D eigenvalue weighted by molar-refractivity contribution is 5.88. The van der Waals surface area contributed by atoms with E-state index in [0.717, 1.165) is 6.42 Å². The maximum absolute atomic E-state index is 3.70. The molecule has 0 bridgehead atoms. The van der Waals surface area contributed by atoms with Gasteiger partial charge in [-0.2, -0.15) is 0 Å². The van der Waals surface area contributed by atoms with E-state index >= 15 is 0 Å². The molecule has 0 saturated carbocycles. The Morgan fingerprint density at radius 1 is 0.640 bits per heavy atom. The van der Waals surface area contributed by atoms with Crippen molar-refractivity contribution in [2.45, 2.75) is 12.5 Å². The average Bonchev–Trinajstić information content (AvgIpc) is 3.10. The third-order valence-electron chi connectivity index (χ3n) is 5.15. The summed E-state index contributed by atoms with van der Waals surface area (Å²) in [6.07, 6.45) is 1.05. The maximum Gasteiger partial charge on any atom is 0.0555 e. The van der Waals surface area contributed by atoms with Crippen LogP contribution in [0.15, 0.2) is 91.0 Å². The Morgan fingerprint density at radius 3 is 2.04 bits per heavy atom. The van der Waals surface area contributed by atoms with E-state index in [1.54, 1.807) is 0 Å². The Balaban J connectivity index is 1.43. The summed E-state index contributed by atoms with van der Waals surface area (Å²) in [5, 5.41) is 6.32. The van der Waals surface area contributed by atoms with Crippen LogP contribution < -0.4 is 5.32 Å². The van der Waals surface area contributed by atoms with Gasteiger partial charge in [-0.15, -0.1) is 0 Å². The quantitative estimate of drug-likeness (QED) is 0.462. The van der Waals surface area contributed by atoms with Gasteiger partial charge in [0.15, 0.2) is 0 Å². The first-order valence-electron chi connectivity index (χ1n) is 8.80. The number of benzene rings is 4. The minimum Gasteiger partial charge on any atom is -0.378 e. The van der Waals surface area contributed by atoms with Crippen molar-refractivity contribution in [3.05, 3.63) is 102 Å². The molecule has 120 valence electrons.